The molecule has 0 saturated carbocycles. The summed E-state index contributed by atoms with van der Waals surface area (Å²) in [5.41, 5.74) is 7.74. The van der Waals surface area contributed by atoms with Crippen molar-refractivity contribution >= 4 is 5.97 Å². The Kier molecular flexibility index (Phi) is 6.63. The lowest BCUT2D eigenvalue weighted by Crippen LogP contribution is -2.15. The minimum Gasteiger partial charge on any atom is -0.497 e. The molecule has 3 rings (SSSR count). The number of carboxylic acid groups (broad SMARTS) is 1. The molecule has 0 fully saturated rings. The lowest BCUT2D eigenvalue weighted by Gasteiger charge is -2.13. The zero-order valence-electron chi connectivity index (χ0n) is 18.4. The molecular formula is C25H30N2O3. The Labute approximate surface area is 178 Å². The van der Waals surface area contributed by atoms with E-state index in [-0.39, 0.29) is 0 Å². The standard InChI is InChI=1S/C25H30N2O3/c1-16-9-10-17(2)21(11-16)15-27-18(3)23(24(19(27)4)25(28)29)14-26-13-20-7-6-8-22(12-20)30-5/h6-12,26H,13-15H2,1-5H3,(H,28,29). The highest BCUT2D eigenvalue weighted by Crippen LogP contribution is 2.25. The fourth-order valence-corrected chi connectivity index (χ4v) is 3.94. The highest BCUT2D eigenvalue weighted by atomic mass is 16.5. The maximum absolute atomic E-state index is 12.0. The Balaban J connectivity index is 1.86. The van der Waals surface area contributed by atoms with Crippen LogP contribution in [0.1, 0.15) is 49.6 Å². The Bertz CT molecular complexity index is 1070. The van der Waals surface area contributed by atoms with Gasteiger partial charge < -0.3 is 19.7 Å². The number of carboxylic acids is 1. The zero-order chi connectivity index (χ0) is 21.8. The number of hydrogen-bond donors (Lipinski definition) is 2. The topological polar surface area (TPSA) is 63.5 Å². The number of ether oxygens (including phenoxy) is 1. The van der Waals surface area contributed by atoms with Gasteiger partial charge in [0.25, 0.3) is 0 Å². The van der Waals surface area contributed by atoms with Gasteiger partial charge in [0.15, 0.2) is 0 Å². The predicted octanol–water partition coefficient (Wildman–Crippen LogP) is 4.77. The van der Waals surface area contributed by atoms with Crippen molar-refractivity contribution in [2.45, 2.75) is 47.3 Å². The van der Waals surface area contributed by atoms with E-state index < -0.39 is 5.97 Å². The van der Waals surface area contributed by atoms with Gasteiger partial charge in [-0.25, -0.2) is 4.79 Å². The molecule has 5 heteroatoms. The van der Waals surface area contributed by atoms with Crippen molar-refractivity contribution < 1.29 is 14.6 Å². The molecule has 2 aromatic carbocycles. The van der Waals surface area contributed by atoms with Gasteiger partial charge in [-0.15, -0.1) is 0 Å². The molecule has 5 nitrogen and oxygen atoms in total. The van der Waals surface area contributed by atoms with Crippen LogP contribution >= 0.6 is 0 Å². The monoisotopic (exact) mass is 406 g/mol. The summed E-state index contributed by atoms with van der Waals surface area (Å²) in [4.78, 5) is 12.0. The average molecular weight is 407 g/mol. The fraction of sp³-hybridized carbons (Fsp3) is 0.320. The molecule has 30 heavy (non-hydrogen) atoms. The molecule has 3 aromatic rings. The van der Waals surface area contributed by atoms with Crippen LogP contribution in [0.2, 0.25) is 0 Å². The minimum absolute atomic E-state index is 0.399. The fourth-order valence-electron chi connectivity index (χ4n) is 3.94. The van der Waals surface area contributed by atoms with E-state index in [2.05, 4.69) is 41.9 Å². The van der Waals surface area contributed by atoms with Crippen LogP contribution in [0.25, 0.3) is 0 Å². The lowest BCUT2D eigenvalue weighted by molar-refractivity contribution is 0.0694. The summed E-state index contributed by atoms with van der Waals surface area (Å²) in [5, 5.41) is 13.3. The third kappa shape index (κ3) is 4.57. The number of nitrogens with zero attached hydrogens (tertiary/aromatic N) is 1. The van der Waals surface area contributed by atoms with Gasteiger partial charge in [0.05, 0.1) is 12.7 Å². The molecule has 2 N–H and O–H groups in total. The van der Waals surface area contributed by atoms with E-state index in [1.54, 1.807) is 7.11 Å². The van der Waals surface area contributed by atoms with Crippen molar-refractivity contribution in [2.24, 2.45) is 0 Å². The number of aryl methyl sites for hydroxylation is 2. The number of nitrogens with one attached hydrogen (secondary N) is 1. The number of rotatable bonds is 8. The molecule has 0 radical (unpaired) electrons. The molecule has 0 atom stereocenters. The number of hydrogen-bond acceptors (Lipinski definition) is 3. The van der Waals surface area contributed by atoms with Crippen molar-refractivity contribution in [3.05, 3.63) is 87.2 Å². The molecule has 158 valence electrons. The maximum Gasteiger partial charge on any atom is 0.337 e. The first kappa shape index (κ1) is 21.7. The van der Waals surface area contributed by atoms with E-state index in [1.165, 1.54) is 16.7 Å². The average Bonchev–Trinajstić information content (AvgIpc) is 2.95. The van der Waals surface area contributed by atoms with Crippen molar-refractivity contribution in [3.63, 3.8) is 0 Å². The summed E-state index contributed by atoms with van der Waals surface area (Å²) in [7, 11) is 1.65. The largest absolute Gasteiger partial charge is 0.497 e. The van der Waals surface area contributed by atoms with E-state index in [9.17, 15) is 9.90 Å². The highest BCUT2D eigenvalue weighted by Gasteiger charge is 2.22. The third-order valence-corrected chi connectivity index (χ3v) is 5.72. The van der Waals surface area contributed by atoms with Crippen LogP contribution in [0.4, 0.5) is 0 Å². The number of benzene rings is 2. The second-order valence-electron chi connectivity index (χ2n) is 7.80. The van der Waals surface area contributed by atoms with Crippen molar-refractivity contribution in [1.29, 1.82) is 0 Å². The van der Waals surface area contributed by atoms with E-state index in [0.717, 1.165) is 28.3 Å². The summed E-state index contributed by atoms with van der Waals surface area (Å²) in [5.74, 6) is -0.0688. The molecule has 0 amide bonds. The molecule has 0 unspecified atom stereocenters. The van der Waals surface area contributed by atoms with Gasteiger partial charge in [0, 0.05) is 36.6 Å². The molecule has 0 bridgehead atoms. The molecule has 0 aliphatic carbocycles. The molecule has 1 aromatic heterocycles. The molecule has 0 aliphatic heterocycles. The van der Waals surface area contributed by atoms with Gasteiger partial charge in [0.1, 0.15) is 5.75 Å². The van der Waals surface area contributed by atoms with Crippen LogP contribution < -0.4 is 10.1 Å². The lowest BCUT2D eigenvalue weighted by atomic mass is 10.1. The number of methoxy groups -OCH3 is 1. The third-order valence-electron chi connectivity index (χ3n) is 5.72. The van der Waals surface area contributed by atoms with Gasteiger partial charge in [-0.05, 0) is 56.5 Å². The maximum atomic E-state index is 12.0. The second kappa shape index (κ2) is 9.18. The molecule has 1 heterocycles. The second-order valence-corrected chi connectivity index (χ2v) is 7.80. The van der Waals surface area contributed by atoms with Crippen LogP contribution in [0.5, 0.6) is 5.75 Å². The molecular weight excluding hydrogens is 376 g/mol. The summed E-state index contributed by atoms with van der Waals surface area (Å²) in [6.45, 7) is 9.87. The van der Waals surface area contributed by atoms with Crippen LogP contribution in [-0.4, -0.2) is 22.8 Å². The minimum atomic E-state index is -0.881. The smallest absolute Gasteiger partial charge is 0.337 e. The van der Waals surface area contributed by atoms with Crippen molar-refractivity contribution in [3.8, 4) is 5.75 Å². The summed E-state index contributed by atoms with van der Waals surface area (Å²) in [6.07, 6.45) is 0. The van der Waals surface area contributed by atoms with Crippen LogP contribution in [0.3, 0.4) is 0 Å². The Morgan fingerprint density at radius 3 is 2.50 bits per heavy atom. The van der Waals surface area contributed by atoms with E-state index >= 15 is 0 Å². The summed E-state index contributed by atoms with van der Waals surface area (Å²) in [6, 6.07) is 14.3. The first-order chi connectivity index (χ1) is 14.3. The first-order valence-electron chi connectivity index (χ1n) is 10.1. The molecule has 0 spiro atoms. The normalized spacial score (nSPS) is 11.0. The summed E-state index contributed by atoms with van der Waals surface area (Å²) < 4.78 is 7.39. The Morgan fingerprint density at radius 1 is 1.03 bits per heavy atom. The van der Waals surface area contributed by atoms with Gasteiger partial charge in [-0.1, -0.05) is 35.9 Å². The van der Waals surface area contributed by atoms with Crippen LogP contribution in [0.15, 0.2) is 42.5 Å². The van der Waals surface area contributed by atoms with Crippen LogP contribution in [-0.2, 0) is 19.6 Å². The molecule has 0 aliphatic rings. The predicted molar refractivity (Wildman–Crippen MR) is 119 cm³/mol. The number of aromatic nitrogens is 1. The van der Waals surface area contributed by atoms with Gasteiger partial charge in [-0.3, -0.25) is 0 Å². The quantitative estimate of drug-likeness (QED) is 0.566. The summed E-state index contributed by atoms with van der Waals surface area (Å²) >= 11 is 0. The number of aromatic carboxylic acids is 1. The van der Waals surface area contributed by atoms with Crippen LogP contribution in [0, 0.1) is 27.7 Å². The highest BCUT2D eigenvalue weighted by molar-refractivity contribution is 5.91. The zero-order valence-corrected chi connectivity index (χ0v) is 18.4. The van der Waals surface area contributed by atoms with Crippen molar-refractivity contribution in [2.75, 3.05) is 7.11 Å². The van der Waals surface area contributed by atoms with Gasteiger partial charge in [0.2, 0.25) is 0 Å². The number of carbonyl (C=O) groups is 1. The Hall–Kier alpha value is -3.05. The van der Waals surface area contributed by atoms with Crippen molar-refractivity contribution in [1.82, 2.24) is 9.88 Å². The Morgan fingerprint density at radius 2 is 1.80 bits per heavy atom. The first-order valence-corrected chi connectivity index (χ1v) is 10.1. The van der Waals surface area contributed by atoms with E-state index in [4.69, 9.17) is 4.74 Å². The molecule has 0 saturated heterocycles. The SMILES string of the molecule is COc1cccc(CNCc2c(C(=O)O)c(C)n(Cc3cc(C)ccc3C)c2C)c1. The van der Waals surface area contributed by atoms with Gasteiger partial charge >= 0.3 is 5.97 Å². The van der Waals surface area contributed by atoms with E-state index in [0.29, 0.717) is 25.2 Å². The van der Waals surface area contributed by atoms with E-state index in [1.807, 2.05) is 38.1 Å². The van der Waals surface area contributed by atoms with Gasteiger partial charge in [-0.2, -0.15) is 0 Å².